The Labute approximate surface area is 141 Å². The molecule has 0 aromatic heterocycles. The highest BCUT2D eigenvalue weighted by Crippen LogP contribution is 2.25. The first-order valence-electron chi connectivity index (χ1n) is 6.29. The lowest BCUT2D eigenvalue weighted by Crippen LogP contribution is -1.96. The van der Waals surface area contributed by atoms with Crippen LogP contribution in [0.15, 0.2) is 67.4 Å². The maximum absolute atomic E-state index is 11.5. The van der Waals surface area contributed by atoms with E-state index in [9.17, 15) is 16.8 Å². The van der Waals surface area contributed by atoms with Crippen LogP contribution in [0.2, 0.25) is 0 Å². The van der Waals surface area contributed by atoms with Gasteiger partial charge in [-0.15, -0.1) is 0 Å². The number of azide groups is 2. The van der Waals surface area contributed by atoms with Crippen molar-refractivity contribution in [3.05, 3.63) is 69.4 Å². The number of hydrogen-bond acceptors (Lipinski definition) is 5. The molecule has 0 spiro atoms. The highest BCUT2D eigenvalue weighted by molar-refractivity contribution is 7.90. The minimum absolute atomic E-state index is 0.201. The van der Waals surface area contributed by atoms with E-state index in [1.54, 1.807) is 0 Å². The highest BCUT2D eigenvalue weighted by Gasteiger charge is 2.13. The highest BCUT2D eigenvalue weighted by atomic mass is 32.2. The summed E-state index contributed by atoms with van der Waals surface area (Å²) in [4.78, 5) is 4.08. The normalized spacial score (nSPS) is 11.0. The van der Waals surface area contributed by atoms with E-state index >= 15 is 0 Å². The van der Waals surface area contributed by atoms with Crippen molar-refractivity contribution in [2.75, 3.05) is 0 Å². The Balaban J connectivity index is 2.21. The number of ether oxygens (including phenoxy) is 1. The third-order valence-corrected chi connectivity index (χ3v) is 5.08. The molecule has 0 aliphatic rings. The van der Waals surface area contributed by atoms with Crippen LogP contribution in [0.25, 0.3) is 20.9 Å². The van der Waals surface area contributed by atoms with Crippen molar-refractivity contribution in [1.82, 2.24) is 0 Å². The number of benzene rings is 2. The van der Waals surface area contributed by atoms with Gasteiger partial charge >= 0.3 is 0 Å². The molecule has 0 N–H and O–H groups in total. The Morgan fingerprint density at radius 1 is 0.680 bits per heavy atom. The second-order valence-electron chi connectivity index (χ2n) is 4.34. The summed E-state index contributed by atoms with van der Waals surface area (Å²) in [5, 5.41) is 0. The van der Waals surface area contributed by atoms with E-state index in [-0.39, 0.29) is 21.3 Å². The standard InChI is InChI=1S/C12H8N6O5S2/c13-15-17-24(19,20)11-5-1-9(2-6-11)23-10-3-7-12(8-4-10)25(21,22)18-16-14/h1-8H. The maximum Gasteiger partial charge on any atom is 0.264 e. The minimum atomic E-state index is -4.08. The van der Waals surface area contributed by atoms with Crippen LogP contribution in [0.3, 0.4) is 0 Å². The monoisotopic (exact) mass is 380 g/mol. The predicted molar refractivity (Wildman–Crippen MR) is 85.6 cm³/mol. The molecule has 0 atom stereocenters. The molecule has 0 aliphatic carbocycles. The molecule has 0 radical (unpaired) electrons. The van der Waals surface area contributed by atoms with Gasteiger partial charge in [0.05, 0.1) is 9.79 Å². The summed E-state index contributed by atoms with van der Waals surface area (Å²) in [7, 11) is -8.16. The first-order chi connectivity index (χ1) is 11.8. The molecule has 11 nitrogen and oxygen atoms in total. The smallest absolute Gasteiger partial charge is 0.264 e. The molecular weight excluding hydrogens is 372 g/mol. The van der Waals surface area contributed by atoms with Crippen molar-refractivity contribution >= 4 is 20.0 Å². The van der Waals surface area contributed by atoms with Gasteiger partial charge in [-0.05, 0) is 59.6 Å². The summed E-state index contributed by atoms with van der Waals surface area (Å²) >= 11 is 0. The fourth-order valence-electron chi connectivity index (χ4n) is 1.69. The van der Waals surface area contributed by atoms with Crippen molar-refractivity contribution in [3.63, 3.8) is 0 Å². The van der Waals surface area contributed by atoms with E-state index in [0.29, 0.717) is 0 Å². The number of sulfonamides is 2. The maximum atomic E-state index is 11.5. The summed E-state index contributed by atoms with van der Waals surface area (Å²) in [6.45, 7) is 0. The summed E-state index contributed by atoms with van der Waals surface area (Å²) in [5.74, 6) is 0.538. The topological polar surface area (TPSA) is 175 Å². The number of rotatable bonds is 6. The molecule has 0 saturated heterocycles. The summed E-state index contributed by atoms with van der Waals surface area (Å²) in [5.41, 5.74) is 16.4. The van der Waals surface area contributed by atoms with Crippen LogP contribution in [0.1, 0.15) is 0 Å². The average Bonchev–Trinajstić information content (AvgIpc) is 2.56. The number of hydrogen-bond donors (Lipinski definition) is 0. The molecule has 0 fully saturated rings. The van der Waals surface area contributed by atoms with Crippen molar-refractivity contribution in [3.8, 4) is 11.5 Å². The van der Waals surface area contributed by atoms with Gasteiger partial charge in [-0.2, -0.15) is 0 Å². The van der Waals surface area contributed by atoms with Gasteiger partial charge in [-0.25, -0.2) is 16.8 Å². The first-order valence-corrected chi connectivity index (χ1v) is 9.17. The van der Waals surface area contributed by atoms with E-state index in [1.807, 2.05) is 0 Å². The zero-order valence-electron chi connectivity index (χ0n) is 12.2. The quantitative estimate of drug-likeness (QED) is 0.422. The van der Waals surface area contributed by atoms with Crippen LogP contribution in [-0.4, -0.2) is 16.8 Å². The Kier molecular flexibility index (Phi) is 5.15. The fraction of sp³-hybridized carbons (Fsp3) is 0. The van der Waals surface area contributed by atoms with Crippen LogP contribution in [0.5, 0.6) is 11.5 Å². The van der Waals surface area contributed by atoms with E-state index in [0.717, 1.165) is 0 Å². The predicted octanol–water partition coefficient (Wildman–Crippen LogP) is 3.48. The SMILES string of the molecule is [N-]=[N+]=NS(=O)(=O)c1ccc(Oc2ccc(S(=O)(=O)N=[N+]=[N-])cc2)cc1. The Morgan fingerprint density at radius 2 is 1.00 bits per heavy atom. The van der Waals surface area contributed by atoms with Crippen LogP contribution >= 0.6 is 0 Å². The van der Waals surface area contributed by atoms with Gasteiger partial charge in [-0.1, -0.05) is 0 Å². The van der Waals surface area contributed by atoms with Gasteiger partial charge in [-0.3, -0.25) is 0 Å². The Morgan fingerprint density at radius 3 is 1.28 bits per heavy atom. The van der Waals surface area contributed by atoms with Crippen molar-refractivity contribution in [2.45, 2.75) is 9.79 Å². The van der Waals surface area contributed by atoms with E-state index in [4.69, 9.17) is 15.8 Å². The van der Waals surface area contributed by atoms with Crippen molar-refractivity contribution < 1.29 is 21.6 Å². The molecule has 0 unspecified atom stereocenters. The summed E-state index contributed by atoms with van der Waals surface area (Å²) < 4.78 is 57.0. The second-order valence-corrected chi connectivity index (χ2v) is 7.51. The molecule has 2 aromatic rings. The molecule has 2 rings (SSSR count). The zero-order chi connectivity index (χ0) is 18.5. The van der Waals surface area contributed by atoms with Crippen LogP contribution in [0.4, 0.5) is 0 Å². The molecular formula is C12H8N6O5S2. The second kappa shape index (κ2) is 7.11. The van der Waals surface area contributed by atoms with Crippen molar-refractivity contribution in [2.24, 2.45) is 9.04 Å². The van der Waals surface area contributed by atoms with Gasteiger partial charge in [0.1, 0.15) is 11.5 Å². The molecule has 128 valence electrons. The largest absolute Gasteiger partial charge is 0.457 e. The molecule has 13 heteroatoms. The van der Waals surface area contributed by atoms with Gasteiger partial charge in [0.25, 0.3) is 20.0 Å². The average molecular weight is 380 g/mol. The van der Waals surface area contributed by atoms with Gasteiger partial charge < -0.3 is 4.74 Å². The molecule has 0 saturated carbocycles. The fourth-order valence-corrected chi connectivity index (χ4v) is 3.03. The minimum Gasteiger partial charge on any atom is -0.457 e. The van der Waals surface area contributed by atoms with E-state index < -0.39 is 20.0 Å². The zero-order valence-corrected chi connectivity index (χ0v) is 13.8. The van der Waals surface area contributed by atoms with Crippen molar-refractivity contribution in [1.29, 1.82) is 0 Å². The van der Waals surface area contributed by atoms with Gasteiger partial charge in [0.2, 0.25) is 0 Å². The third-order valence-electron chi connectivity index (χ3n) is 2.77. The Hall–Kier alpha value is -3.24. The summed E-state index contributed by atoms with van der Waals surface area (Å²) in [6, 6.07) is 10.1. The number of nitrogens with zero attached hydrogens (tertiary/aromatic N) is 6. The summed E-state index contributed by atoms with van der Waals surface area (Å²) in [6.07, 6.45) is 0. The molecule has 2 aromatic carbocycles. The van der Waals surface area contributed by atoms with Gasteiger partial charge in [0, 0.05) is 18.9 Å². The molecule has 0 bridgehead atoms. The lowest BCUT2D eigenvalue weighted by Gasteiger charge is -2.07. The molecule has 0 amide bonds. The first kappa shape index (κ1) is 18.1. The molecule has 0 heterocycles. The molecule has 25 heavy (non-hydrogen) atoms. The third kappa shape index (κ3) is 4.40. The Bertz CT molecular complexity index is 992. The molecule has 0 aliphatic heterocycles. The van der Waals surface area contributed by atoms with Crippen LogP contribution in [-0.2, 0) is 20.0 Å². The van der Waals surface area contributed by atoms with Gasteiger partial charge in [0.15, 0.2) is 0 Å². The van der Waals surface area contributed by atoms with Crippen LogP contribution in [0, 0.1) is 0 Å². The van der Waals surface area contributed by atoms with Crippen LogP contribution < -0.4 is 4.74 Å². The lowest BCUT2D eigenvalue weighted by atomic mass is 10.3. The lowest BCUT2D eigenvalue weighted by molar-refractivity contribution is 0.481. The van der Waals surface area contributed by atoms with E-state index in [1.165, 1.54) is 48.5 Å². The van der Waals surface area contributed by atoms with E-state index in [2.05, 4.69) is 18.9 Å².